The Morgan fingerprint density at radius 3 is 2.63 bits per heavy atom. The van der Waals surface area contributed by atoms with Crippen LogP contribution in [-0.4, -0.2) is 37.9 Å². The molecule has 1 N–H and O–H groups in total. The molecule has 2 amide bonds. The molecule has 0 radical (unpaired) electrons. The Balaban J connectivity index is 1.79. The van der Waals surface area contributed by atoms with Crippen molar-refractivity contribution in [3.05, 3.63) is 59.2 Å². The third kappa shape index (κ3) is 4.54. The number of aryl methyl sites for hydroxylation is 1. The molecule has 0 unspecified atom stereocenters. The van der Waals surface area contributed by atoms with Crippen molar-refractivity contribution in [1.82, 2.24) is 4.90 Å². The molecule has 3 rings (SSSR count). The second-order valence-corrected chi connectivity index (χ2v) is 8.84. The minimum Gasteiger partial charge on any atom is -0.338 e. The molecule has 0 aliphatic carbocycles. The van der Waals surface area contributed by atoms with Gasteiger partial charge in [0.25, 0.3) is 5.91 Å². The van der Waals surface area contributed by atoms with Crippen molar-refractivity contribution in [2.75, 3.05) is 18.1 Å². The maximum Gasteiger partial charge on any atom is 0.255 e. The summed E-state index contributed by atoms with van der Waals surface area (Å²) in [4.78, 5) is 26.4. The third-order valence-electron chi connectivity index (χ3n) is 4.62. The highest BCUT2D eigenvalue weighted by Crippen LogP contribution is 2.21. The van der Waals surface area contributed by atoms with Crippen LogP contribution in [0.5, 0.6) is 0 Å². The average Bonchev–Trinajstić information content (AvgIpc) is 3.01. The van der Waals surface area contributed by atoms with Gasteiger partial charge in [-0.1, -0.05) is 18.2 Å². The van der Waals surface area contributed by atoms with Crippen LogP contribution in [0.15, 0.2) is 47.4 Å². The van der Waals surface area contributed by atoms with Gasteiger partial charge in [-0.05, 0) is 48.7 Å². The van der Waals surface area contributed by atoms with Crippen LogP contribution in [0.1, 0.15) is 34.3 Å². The first-order valence-corrected chi connectivity index (χ1v) is 10.6. The lowest BCUT2D eigenvalue weighted by Gasteiger charge is -2.16. The van der Waals surface area contributed by atoms with Crippen molar-refractivity contribution < 1.29 is 18.0 Å². The molecule has 1 aliphatic rings. The highest BCUT2D eigenvalue weighted by Gasteiger charge is 2.20. The number of benzene rings is 2. The summed E-state index contributed by atoms with van der Waals surface area (Å²) < 4.78 is 23.5. The summed E-state index contributed by atoms with van der Waals surface area (Å²) in [5, 5.41) is 2.78. The van der Waals surface area contributed by atoms with E-state index < -0.39 is 9.84 Å². The fourth-order valence-electron chi connectivity index (χ4n) is 3.06. The summed E-state index contributed by atoms with van der Waals surface area (Å²) in [7, 11) is -3.36. The predicted octanol–water partition coefficient (Wildman–Crippen LogP) is 2.77. The molecule has 0 aromatic heterocycles. The molecule has 142 valence electrons. The molecule has 1 saturated heterocycles. The summed E-state index contributed by atoms with van der Waals surface area (Å²) >= 11 is 0. The number of carbonyl (C=O) groups is 2. The molecule has 2 aromatic rings. The van der Waals surface area contributed by atoms with E-state index in [0.29, 0.717) is 24.2 Å². The highest BCUT2D eigenvalue weighted by atomic mass is 32.2. The second kappa shape index (κ2) is 7.52. The van der Waals surface area contributed by atoms with E-state index in [-0.39, 0.29) is 16.7 Å². The van der Waals surface area contributed by atoms with Crippen LogP contribution in [0.4, 0.5) is 5.69 Å². The molecule has 1 heterocycles. The Labute approximate surface area is 159 Å². The Hall–Kier alpha value is -2.67. The summed E-state index contributed by atoms with van der Waals surface area (Å²) in [6.07, 6.45) is 2.58. The van der Waals surface area contributed by atoms with Crippen LogP contribution >= 0.6 is 0 Å². The maximum absolute atomic E-state index is 12.6. The first kappa shape index (κ1) is 19.1. The van der Waals surface area contributed by atoms with E-state index in [0.717, 1.165) is 30.3 Å². The number of sulfone groups is 1. The Bertz CT molecular complexity index is 999. The van der Waals surface area contributed by atoms with Gasteiger partial charge in [0.15, 0.2) is 9.84 Å². The number of nitrogens with zero attached hydrogens (tertiary/aromatic N) is 1. The van der Waals surface area contributed by atoms with Gasteiger partial charge in [-0.25, -0.2) is 8.42 Å². The number of rotatable bonds is 5. The van der Waals surface area contributed by atoms with Crippen LogP contribution in [0.25, 0.3) is 0 Å². The van der Waals surface area contributed by atoms with Gasteiger partial charge in [0, 0.05) is 37.0 Å². The zero-order valence-corrected chi connectivity index (χ0v) is 16.2. The minimum absolute atomic E-state index is 0.137. The van der Waals surface area contributed by atoms with Gasteiger partial charge in [0.1, 0.15) is 0 Å². The molecule has 0 atom stereocenters. The van der Waals surface area contributed by atoms with Crippen molar-refractivity contribution in [3.8, 4) is 0 Å². The number of amides is 2. The predicted molar refractivity (Wildman–Crippen MR) is 103 cm³/mol. The molecule has 6 nitrogen and oxygen atoms in total. The number of hydrogen-bond acceptors (Lipinski definition) is 4. The molecule has 2 aromatic carbocycles. The van der Waals surface area contributed by atoms with E-state index in [4.69, 9.17) is 0 Å². The van der Waals surface area contributed by atoms with Crippen molar-refractivity contribution in [1.29, 1.82) is 0 Å². The number of hydrogen-bond donors (Lipinski definition) is 1. The van der Waals surface area contributed by atoms with Gasteiger partial charge >= 0.3 is 0 Å². The second-order valence-electron chi connectivity index (χ2n) is 6.82. The Morgan fingerprint density at radius 1 is 1.19 bits per heavy atom. The molecule has 1 aliphatic heterocycles. The lowest BCUT2D eigenvalue weighted by Crippen LogP contribution is -2.24. The van der Waals surface area contributed by atoms with Crippen LogP contribution in [0.2, 0.25) is 0 Å². The van der Waals surface area contributed by atoms with Gasteiger partial charge in [-0.15, -0.1) is 0 Å². The SMILES string of the molecule is Cc1ccc(S(C)(=O)=O)cc1NC(=O)c1cccc(CN2CCCC2=O)c1. The molecule has 0 bridgehead atoms. The molecular formula is C20H22N2O4S. The highest BCUT2D eigenvalue weighted by molar-refractivity contribution is 7.90. The van der Waals surface area contributed by atoms with Gasteiger partial charge in [0.2, 0.25) is 5.91 Å². The number of likely N-dealkylation sites (tertiary alicyclic amines) is 1. The summed E-state index contributed by atoms with van der Waals surface area (Å²) in [6.45, 7) is 3.03. The number of nitrogens with one attached hydrogen (secondary N) is 1. The largest absolute Gasteiger partial charge is 0.338 e. The van der Waals surface area contributed by atoms with Crippen LogP contribution < -0.4 is 5.32 Å². The molecule has 7 heteroatoms. The van der Waals surface area contributed by atoms with E-state index in [2.05, 4.69) is 5.32 Å². The van der Waals surface area contributed by atoms with Crippen LogP contribution in [0.3, 0.4) is 0 Å². The molecular weight excluding hydrogens is 364 g/mol. The van der Waals surface area contributed by atoms with Crippen LogP contribution in [0, 0.1) is 6.92 Å². The topological polar surface area (TPSA) is 83.6 Å². The van der Waals surface area contributed by atoms with Gasteiger partial charge in [-0.3, -0.25) is 9.59 Å². The van der Waals surface area contributed by atoms with Crippen LogP contribution in [-0.2, 0) is 21.2 Å². The quantitative estimate of drug-likeness (QED) is 0.856. The van der Waals surface area contributed by atoms with Crippen molar-refractivity contribution >= 4 is 27.3 Å². The third-order valence-corrected chi connectivity index (χ3v) is 5.73. The molecule has 1 fully saturated rings. The van der Waals surface area contributed by atoms with E-state index in [1.54, 1.807) is 36.1 Å². The van der Waals surface area contributed by atoms with Gasteiger partial charge in [0.05, 0.1) is 4.90 Å². The van der Waals surface area contributed by atoms with Gasteiger partial charge in [-0.2, -0.15) is 0 Å². The minimum atomic E-state index is -3.36. The van der Waals surface area contributed by atoms with Crippen molar-refractivity contribution in [2.45, 2.75) is 31.2 Å². The van der Waals surface area contributed by atoms with E-state index >= 15 is 0 Å². The summed E-state index contributed by atoms with van der Waals surface area (Å²) in [6, 6.07) is 11.8. The smallest absolute Gasteiger partial charge is 0.255 e. The first-order chi connectivity index (χ1) is 12.7. The first-order valence-electron chi connectivity index (χ1n) is 8.73. The van der Waals surface area contributed by atoms with Crippen molar-refractivity contribution in [3.63, 3.8) is 0 Å². The zero-order chi connectivity index (χ0) is 19.6. The monoisotopic (exact) mass is 386 g/mol. The zero-order valence-electron chi connectivity index (χ0n) is 15.4. The van der Waals surface area contributed by atoms with E-state index in [1.807, 2.05) is 6.07 Å². The normalized spacial score (nSPS) is 14.4. The van der Waals surface area contributed by atoms with E-state index in [9.17, 15) is 18.0 Å². The van der Waals surface area contributed by atoms with Crippen molar-refractivity contribution in [2.24, 2.45) is 0 Å². The maximum atomic E-state index is 12.6. The Morgan fingerprint density at radius 2 is 1.96 bits per heavy atom. The van der Waals surface area contributed by atoms with Gasteiger partial charge < -0.3 is 10.2 Å². The standard InChI is InChI=1S/C20H22N2O4S/c1-14-8-9-17(27(2,25)26)12-18(14)21-20(24)16-6-3-5-15(11-16)13-22-10-4-7-19(22)23/h3,5-6,8-9,11-12H,4,7,10,13H2,1-2H3,(H,21,24). The fourth-order valence-corrected chi connectivity index (χ4v) is 3.71. The Kier molecular flexibility index (Phi) is 5.32. The molecule has 27 heavy (non-hydrogen) atoms. The number of carbonyl (C=O) groups excluding carboxylic acids is 2. The molecule has 0 spiro atoms. The summed E-state index contributed by atoms with van der Waals surface area (Å²) in [5.74, 6) is -0.184. The summed E-state index contributed by atoms with van der Waals surface area (Å²) in [5.41, 5.74) is 2.58. The lowest BCUT2D eigenvalue weighted by molar-refractivity contribution is -0.128. The fraction of sp³-hybridized carbons (Fsp3) is 0.300. The lowest BCUT2D eigenvalue weighted by atomic mass is 10.1. The molecule has 0 saturated carbocycles. The average molecular weight is 386 g/mol. The number of anilines is 1. The van der Waals surface area contributed by atoms with E-state index in [1.165, 1.54) is 12.1 Å².